The summed E-state index contributed by atoms with van der Waals surface area (Å²) in [6.07, 6.45) is 1.76. The van der Waals surface area contributed by atoms with E-state index in [-0.39, 0.29) is 16.4 Å². The molecular formula is C20H24N4OS. The third-order valence-electron chi connectivity index (χ3n) is 4.76. The number of aryl methyl sites for hydroxylation is 1. The molecule has 0 unspecified atom stereocenters. The van der Waals surface area contributed by atoms with Crippen LogP contribution in [0.15, 0.2) is 47.3 Å². The number of para-hydroxylation sites is 1. The quantitative estimate of drug-likeness (QED) is 0.504. The van der Waals surface area contributed by atoms with Gasteiger partial charge in [-0.25, -0.2) is 9.97 Å². The first-order chi connectivity index (χ1) is 12.2. The van der Waals surface area contributed by atoms with E-state index in [9.17, 15) is 4.79 Å². The molecule has 1 atom stereocenters. The lowest BCUT2D eigenvalue weighted by atomic mass is 9.83. The van der Waals surface area contributed by atoms with Gasteiger partial charge in [-0.15, -0.1) is 0 Å². The predicted molar refractivity (Wildman–Crippen MR) is 107 cm³/mol. The summed E-state index contributed by atoms with van der Waals surface area (Å²) in [4.78, 5) is 23.5. The fraction of sp³-hybridized carbons (Fsp3) is 0.350. The lowest BCUT2D eigenvalue weighted by Gasteiger charge is -2.24. The molecule has 1 aliphatic heterocycles. The van der Waals surface area contributed by atoms with Crippen molar-refractivity contribution in [2.75, 3.05) is 17.7 Å². The van der Waals surface area contributed by atoms with E-state index < -0.39 is 0 Å². The van der Waals surface area contributed by atoms with Gasteiger partial charge in [-0.1, -0.05) is 43.8 Å². The minimum absolute atomic E-state index is 0.0430. The van der Waals surface area contributed by atoms with E-state index in [1.54, 1.807) is 12.1 Å². The van der Waals surface area contributed by atoms with Gasteiger partial charge in [-0.2, -0.15) is 0 Å². The summed E-state index contributed by atoms with van der Waals surface area (Å²) in [5.41, 5.74) is 9.74. The first kappa shape index (κ1) is 18.5. The van der Waals surface area contributed by atoms with E-state index in [0.29, 0.717) is 11.0 Å². The third kappa shape index (κ3) is 3.33. The molecule has 0 amide bonds. The van der Waals surface area contributed by atoms with E-state index >= 15 is 0 Å². The number of aromatic nitrogens is 2. The Morgan fingerprint density at radius 3 is 2.65 bits per heavy atom. The molecule has 0 spiro atoms. The number of ketones is 1. The molecule has 26 heavy (non-hydrogen) atoms. The number of hydrogen-bond acceptors (Lipinski definition) is 6. The van der Waals surface area contributed by atoms with E-state index in [1.165, 1.54) is 17.3 Å². The van der Waals surface area contributed by atoms with Crippen molar-refractivity contribution in [3.8, 4) is 0 Å². The van der Waals surface area contributed by atoms with Crippen molar-refractivity contribution in [1.29, 1.82) is 0 Å². The Kier molecular flexibility index (Phi) is 4.80. The van der Waals surface area contributed by atoms with Crippen molar-refractivity contribution in [3.05, 3.63) is 53.4 Å². The fourth-order valence-electron chi connectivity index (χ4n) is 3.34. The smallest absolute Gasteiger partial charge is 0.190 e. The second-order valence-corrected chi connectivity index (χ2v) is 8.42. The molecule has 0 aliphatic carbocycles. The molecule has 0 radical (unpaired) electrons. The summed E-state index contributed by atoms with van der Waals surface area (Å²) in [5.74, 6) is 0.464. The molecule has 0 saturated heterocycles. The standard InChI is InChI=1S/C20H24N4OS/c1-12-10-18(21)23-19(22-12)26-13(2)16(25)11-17-20(3,4)14-8-6-7-9-15(14)24(17)5/h6-11,13H,1-5H3,(H2,21,22,23)/b17-11-/t13-/m1/s1. The molecule has 1 aromatic carbocycles. The van der Waals surface area contributed by atoms with Crippen LogP contribution in [0, 0.1) is 6.92 Å². The summed E-state index contributed by atoms with van der Waals surface area (Å²) in [5, 5.41) is 0.237. The number of rotatable bonds is 4. The molecular weight excluding hydrogens is 344 g/mol. The Balaban J connectivity index is 1.84. The van der Waals surface area contributed by atoms with Crippen LogP contribution in [0.4, 0.5) is 11.5 Å². The van der Waals surface area contributed by atoms with Crippen molar-refractivity contribution < 1.29 is 4.79 Å². The number of hydrogen-bond donors (Lipinski definition) is 1. The molecule has 2 N–H and O–H groups in total. The van der Waals surface area contributed by atoms with Crippen molar-refractivity contribution in [1.82, 2.24) is 9.97 Å². The van der Waals surface area contributed by atoms with Gasteiger partial charge < -0.3 is 10.6 Å². The minimum Gasteiger partial charge on any atom is -0.384 e. The fourth-order valence-corrected chi connectivity index (χ4v) is 4.20. The number of likely N-dealkylation sites (N-methyl/N-ethyl adjacent to an activating group) is 1. The van der Waals surface area contributed by atoms with Gasteiger partial charge >= 0.3 is 0 Å². The number of nitrogens with two attached hydrogens (primary N) is 1. The largest absolute Gasteiger partial charge is 0.384 e. The Hall–Kier alpha value is -2.34. The first-order valence-electron chi connectivity index (χ1n) is 8.57. The molecule has 1 aliphatic rings. The van der Waals surface area contributed by atoms with Crippen molar-refractivity contribution in [3.63, 3.8) is 0 Å². The first-order valence-corrected chi connectivity index (χ1v) is 9.45. The average Bonchev–Trinajstić information content (AvgIpc) is 2.75. The van der Waals surface area contributed by atoms with E-state index in [4.69, 9.17) is 5.73 Å². The molecule has 3 rings (SSSR count). The number of fused-ring (bicyclic) bond motifs is 1. The van der Waals surface area contributed by atoms with E-state index in [1.807, 2.05) is 33.0 Å². The average molecular weight is 369 g/mol. The van der Waals surface area contributed by atoms with Crippen molar-refractivity contribution in [2.45, 2.75) is 43.5 Å². The highest BCUT2D eigenvalue weighted by atomic mass is 32.2. The third-order valence-corrected chi connectivity index (χ3v) is 5.74. The summed E-state index contributed by atoms with van der Waals surface area (Å²) in [6.45, 7) is 8.04. The summed E-state index contributed by atoms with van der Waals surface area (Å²) in [7, 11) is 2.01. The van der Waals surface area contributed by atoms with E-state index in [2.05, 4.69) is 40.8 Å². The Morgan fingerprint density at radius 1 is 1.31 bits per heavy atom. The topological polar surface area (TPSA) is 72.1 Å². The molecule has 5 nitrogen and oxygen atoms in total. The number of allylic oxidation sites excluding steroid dienone is 2. The highest BCUT2D eigenvalue weighted by molar-refractivity contribution is 8.00. The number of nitrogens with zero attached hydrogens (tertiary/aromatic N) is 3. The van der Waals surface area contributed by atoms with E-state index in [0.717, 1.165) is 17.1 Å². The van der Waals surface area contributed by atoms with Crippen LogP contribution in [0.3, 0.4) is 0 Å². The molecule has 6 heteroatoms. The van der Waals surface area contributed by atoms with Crippen LogP contribution in [0.2, 0.25) is 0 Å². The number of carbonyl (C=O) groups is 1. The summed E-state index contributed by atoms with van der Waals surface area (Å²) >= 11 is 1.33. The predicted octanol–water partition coefficient (Wildman–Crippen LogP) is 3.73. The second-order valence-electron chi connectivity index (χ2n) is 7.11. The zero-order chi connectivity index (χ0) is 19.1. The number of anilines is 2. The molecule has 1 aromatic heterocycles. The monoisotopic (exact) mass is 368 g/mol. The normalized spacial score (nSPS) is 18.0. The molecule has 0 fully saturated rings. The molecule has 2 heterocycles. The number of thioether (sulfide) groups is 1. The summed E-state index contributed by atoms with van der Waals surface area (Å²) in [6, 6.07) is 9.99. The SMILES string of the molecule is Cc1cc(N)nc(S[C@H](C)C(=O)/C=C2\N(C)c3ccccc3C2(C)C)n1. The lowest BCUT2D eigenvalue weighted by molar-refractivity contribution is -0.114. The van der Waals surface area contributed by atoms with Gasteiger partial charge in [0.15, 0.2) is 10.9 Å². The summed E-state index contributed by atoms with van der Waals surface area (Å²) < 4.78 is 0. The van der Waals surface area contributed by atoms with Crippen LogP contribution in [0.5, 0.6) is 0 Å². The van der Waals surface area contributed by atoms with Gasteiger partial charge in [0.25, 0.3) is 0 Å². The molecule has 2 aromatic rings. The zero-order valence-electron chi connectivity index (χ0n) is 15.8. The maximum atomic E-state index is 12.8. The number of nitrogen functional groups attached to an aromatic ring is 1. The van der Waals surface area contributed by atoms with Gasteiger partial charge in [0.1, 0.15) is 5.82 Å². The van der Waals surface area contributed by atoms with Crippen LogP contribution in [-0.2, 0) is 10.2 Å². The Bertz CT molecular complexity index is 871. The number of benzene rings is 1. The van der Waals surface area contributed by atoms with Gasteiger partial charge in [-0.05, 0) is 25.5 Å². The van der Waals surface area contributed by atoms with Crippen LogP contribution >= 0.6 is 11.8 Å². The van der Waals surface area contributed by atoms with Gasteiger partial charge in [0.05, 0.1) is 5.25 Å². The molecule has 0 saturated carbocycles. The Labute approximate surface area is 158 Å². The van der Waals surface area contributed by atoms with Crippen LogP contribution in [0.25, 0.3) is 0 Å². The second kappa shape index (κ2) is 6.76. The zero-order valence-corrected chi connectivity index (χ0v) is 16.6. The van der Waals surface area contributed by atoms with Crippen LogP contribution in [0.1, 0.15) is 32.0 Å². The van der Waals surface area contributed by atoms with Crippen molar-refractivity contribution in [2.24, 2.45) is 0 Å². The Morgan fingerprint density at radius 2 is 2.00 bits per heavy atom. The minimum atomic E-state index is -0.295. The van der Waals surface area contributed by atoms with Crippen molar-refractivity contribution >= 4 is 29.1 Å². The molecule has 136 valence electrons. The highest BCUT2D eigenvalue weighted by Crippen LogP contribution is 2.46. The van der Waals surface area contributed by atoms with Gasteiger partial charge in [0, 0.05) is 41.7 Å². The van der Waals surface area contributed by atoms with Crippen LogP contribution in [-0.4, -0.2) is 28.0 Å². The van der Waals surface area contributed by atoms with Gasteiger partial charge in [-0.3, -0.25) is 4.79 Å². The van der Waals surface area contributed by atoms with Crippen LogP contribution < -0.4 is 10.6 Å². The van der Waals surface area contributed by atoms with Gasteiger partial charge in [0.2, 0.25) is 0 Å². The molecule has 0 bridgehead atoms. The number of carbonyl (C=O) groups excluding carboxylic acids is 1. The highest BCUT2D eigenvalue weighted by Gasteiger charge is 2.38. The maximum absolute atomic E-state index is 12.8. The maximum Gasteiger partial charge on any atom is 0.190 e. The lowest BCUT2D eigenvalue weighted by Crippen LogP contribution is -2.25.